The Morgan fingerprint density at radius 2 is 2.21 bits per heavy atom. The summed E-state index contributed by atoms with van der Waals surface area (Å²) < 4.78 is 2.24. The molecule has 0 aliphatic heterocycles. The van der Waals surface area contributed by atoms with E-state index in [1.54, 1.807) is 6.33 Å². The summed E-state index contributed by atoms with van der Waals surface area (Å²) in [5.41, 5.74) is 2.25. The van der Waals surface area contributed by atoms with Crippen LogP contribution in [0.15, 0.2) is 18.7 Å². The average molecular weight is 261 g/mol. The summed E-state index contributed by atoms with van der Waals surface area (Å²) in [4.78, 5) is 11.8. The molecule has 2 N–H and O–H groups in total. The van der Waals surface area contributed by atoms with Crippen molar-refractivity contribution < 1.29 is 0 Å². The summed E-state index contributed by atoms with van der Waals surface area (Å²) >= 11 is 0. The molecule has 104 valence electrons. The lowest BCUT2D eigenvalue weighted by Gasteiger charge is -2.10. The molecule has 0 amide bonds. The van der Waals surface area contributed by atoms with Gasteiger partial charge in [0, 0.05) is 37.1 Å². The number of imidazole rings is 2. The van der Waals surface area contributed by atoms with E-state index in [1.165, 1.54) is 5.82 Å². The fourth-order valence-electron chi connectivity index (χ4n) is 2.16. The standard InChI is InChI=1S/C14H23N5/c1-11(2)14-16-6-8-19(14)7-4-5-15-9-13-12(3)17-10-18-13/h6,8,10-11,15H,4-5,7,9H2,1-3H3,(H,17,18). The van der Waals surface area contributed by atoms with Gasteiger partial charge in [-0.15, -0.1) is 0 Å². The summed E-state index contributed by atoms with van der Waals surface area (Å²) in [7, 11) is 0. The summed E-state index contributed by atoms with van der Waals surface area (Å²) in [6, 6.07) is 0. The monoisotopic (exact) mass is 261 g/mol. The van der Waals surface area contributed by atoms with Crippen LogP contribution in [0.2, 0.25) is 0 Å². The number of hydrogen-bond donors (Lipinski definition) is 2. The molecule has 0 aliphatic rings. The van der Waals surface area contributed by atoms with Crippen LogP contribution in [0.5, 0.6) is 0 Å². The summed E-state index contributed by atoms with van der Waals surface area (Å²) in [5, 5.41) is 3.42. The molecule has 5 heteroatoms. The first kappa shape index (κ1) is 13.8. The van der Waals surface area contributed by atoms with Crippen LogP contribution in [-0.2, 0) is 13.1 Å². The minimum Gasteiger partial charge on any atom is -0.348 e. The topological polar surface area (TPSA) is 58.5 Å². The van der Waals surface area contributed by atoms with Crippen molar-refractivity contribution in [3.8, 4) is 0 Å². The van der Waals surface area contributed by atoms with Gasteiger partial charge in [0.25, 0.3) is 0 Å². The number of H-pyrrole nitrogens is 1. The first-order valence-corrected chi connectivity index (χ1v) is 6.89. The second kappa shape index (κ2) is 6.52. The normalized spacial score (nSPS) is 11.4. The highest BCUT2D eigenvalue weighted by Gasteiger charge is 2.06. The van der Waals surface area contributed by atoms with Gasteiger partial charge in [-0.2, -0.15) is 0 Å². The molecule has 0 atom stereocenters. The molecule has 2 heterocycles. The second-order valence-corrected chi connectivity index (χ2v) is 5.14. The molecule has 0 bridgehead atoms. The number of rotatable bonds is 7. The highest BCUT2D eigenvalue weighted by molar-refractivity contribution is 5.07. The van der Waals surface area contributed by atoms with E-state index >= 15 is 0 Å². The van der Waals surface area contributed by atoms with Crippen molar-refractivity contribution in [2.45, 2.75) is 46.2 Å². The molecule has 0 fully saturated rings. The Hall–Kier alpha value is -1.62. The number of aromatic nitrogens is 4. The van der Waals surface area contributed by atoms with Gasteiger partial charge in [-0.3, -0.25) is 0 Å². The molecule has 19 heavy (non-hydrogen) atoms. The average Bonchev–Trinajstić information content (AvgIpc) is 2.98. The van der Waals surface area contributed by atoms with Gasteiger partial charge < -0.3 is 14.9 Å². The van der Waals surface area contributed by atoms with E-state index < -0.39 is 0 Å². The zero-order valence-electron chi connectivity index (χ0n) is 12.0. The van der Waals surface area contributed by atoms with Crippen LogP contribution in [0.3, 0.4) is 0 Å². The Balaban J connectivity index is 1.69. The minimum atomic E-state index is 0.481. The zero-order valence-corrected chi connectivity index (χ0v) is 12.0. The van der Waals surface area contributed by atoms with Crippen molar-refractivity contribution in [3.05, 3.63) is 35.9 Å². The van der Waals surface area contributed by atoms with E-state index in [-0.39, 0.29) is 0 Å². The van der Waals surface area contributed by atoms with Gasteiger partial charge in [0.2, 0.25) is 0 Å². The van der Waals surface area contributed by atoms with Gasteiger partial charge in [-0.05, 0) is 19.9 Å². The molecular weight excluding hydrogens is 238 g/mol. The molecule has 0 unspecified atom stereocenters. The van der Waals surface area contributed by atoms with Gasteiger partial charge in [-0.25, -0.2) is 9.97 Å². The maximum absolute atomic E-state index is 4.40. The SMILES string of the molecule is Cc1[nH]cnc1CNCCCn1ccnc1C(C)C. The van der Waals surface area contributed by atoms with Gasteiger partial charge in [0.15, 0.2) is 0 Å². The number of nitrogens with one attached hydrogen (secondary N) is 2. The molecule has 0 saturated carbocycles. The first-order chi connectivity index (χ1) is 9.18. The predicted molar refractivity (Wildman–Crippen MR) is 76.0 cm³/mol. The lowest BCUT2D eigenvalue weighted by atomic mass is 10.2. The first-order valence-electron chi connectivity index (χ1n) is 6.89. The number of aromatic amines is 1. The fourth-order valence-corrected chi connectivity index (χ4v) is 2.16. The van der Waals surface area contributed by atoms with Crippen LogP contribution < -0.4 is 5.32 Å². The largest absolute Gasteiger partial charge is 0.348 e. The third-order valence-corrected chi connectivity index (χ3v) is 3.24. The smallest absolute Gasteiger partial charge is 0.111 e. The van der Waals surface area contributed by atoms with Crippen LogP contribution in [-0.4, -0.2) is 26.1 Å². The maximum Gasteiger partial charge on any atom is 0.111 e. The van der Waals surface area contributed by atoms with Crippen LogP contribution in [0.1, 0.15) is 43.4 Å². The van der Waals surface area contributed by atoms with E-state index in [0.717, 1.165) is 37.4 Å². The molecule has 2 rings (SSSR count). The lowest BCUT2D eigenvalue weighted by Crippen LogP contribution is -2.17. The molecule has 0 aliphatic carbocycles. The van der Waals surface area contributed by atoms with Crippen molar-refractivity contribution in [2.24, 2.45) is 0 Å². The van der Waals surface area contributed by atoms with Crippen molar-refractivity contribution in [2.75, 3.05) is 6.54 Å². The van der Waals surface area contributed by atoms with Crippen LogP contribution in [0.25, 0.3) is 0 Å². The Morgan fingerprint density at radius 1 is 1.37 bits per heavy atom. The van der Waals surface area contributed by atoms with Crippen molar-refractivity contribution in [3.63, 3.8) is 0 Å². The van der Waals surface area contributed by atoms with Gasteiger partial charge in [0.1, 0.15) is 5.82 Å². The highest BCUT2D eigenvalue weighted by Crippen LogP contribution is 2.11. The molecule has 0 saturated heterocycles. The van der Waals surface area contributed by atoms with Crippen molar-refractivity contribution >= 4 is 0 Å². The summed E-state index contributed by atoms with van der Waals surface area (Å²) in [6.45, 7) is 9.23. The summed E-state index contributed by atoms with van der Waals surface area (Å²) in [6.07, 6.45) is 6.79. The van der Waals surface area contributed by atoms with E-state index in [2.05, 4.69) is 44.9 Å². The van der Waals surface area contributed by atoms with Gasteiger partial charge >= 0.3 is 0 Å². The molecule has 5 nitrogen and oxygen atoms in total. The molecular formula is C14H23N5. The highest BCUT2D eigenvalue weighted by atomic mass is 15.1. The second-order valence-electron chi connectivity index (χ2n) is 5.14. The van der Waals surface area contributed by atoms with Crippen LogP contribution >= 0.6 is 0 Å². The number of hydrogen-bond acceptors (Lipinski definition) is 3. The van der Waals surface area contributed by atoms with E-state index in [1.807, 2.05) is 13.1 Å². The molecule has 2 aromatic heterocycles. The third kappa shape index (κ3) is 3.67. The lowest BCUT2D eigenvalue weighted by molar-refractivity contribution is 0.551. The van der Waals surface area contributed by atoms with E-state index in [9.17, 15) is 0 Å². The molecule has 2 aromatic rings. The predicted octanol–water partition coefficient (Wildman–Crippen LogP) is 2.22. The number of nitrogens with zero attached hydrogens (tertiary/aromatic N) is 3. The van der Waals surface area contributed by atoms with E-state index in [4.69, 9.17) is 0 Å². The minimum absolute atomic E-state index is 0.481. The maximum atomic E-state index is 4.40. The van der Waals surface area contributed by atoms with Crippen LogP contribution in [0, 0.1) is 6.92 Å². The van der Waals surface area contributed by atoms with E-state index in [0.29, 0.717) is 5.92 Å². The zero-order chi connectivity index (χ0) is 13.7. The van der Waals surface area contributed by atoms with Crippen LogP contribution in [0.4, 0.5) is 0 Å². The molecule has 0 radical (unpaired) electrons. The Morgan fingerprint density at radius 3 is 2.89 bits per heavy atom. The Labute approximate surface area is 114 Å². The Bertz CT molecular complexity index is 497. The van der Waals surface area contributed by atoms with Crippen molar-refractivity contribution in [1.82, 2.24) is 24.8 Å². The van der Waals surface area contributed by atoms with Gasteiger partial charge in [0.05, 0.1) is 12.0 Å². The fraction of sp³-hybridized carbons (Fsp3) is 0.571. The molecule has 0 aromatic carbocycles. The third-order valence-electron chi connectivity index (χ3n) is 3.24. The van der Waals surface area contributed by atoms with Crippen molar-refractivity contribution in [1.29, 1.82) is 0 Å². The van der Waals surface area contributed by atoms with Gasteiger partial charge in [-0.1, -0.05) is 13.8 Å². The Kier molecular flexibility index (Phi) is 4.74. The number of aryl methyl sites for hydroxylation is 2. The quantitative estimate of drug-likeness (QED) is 0.751. The molecule has 0 spiro atoms. The summed E-state index contributed by atoms with van der Waals surface area (Å²) in [5.74, 6) is 1.65.